The fraction of sp³-hybridized carbons (Fsp3) is 0.667. The van der Waals surface area contributed by atoms with Gasteiger partial charge in [0.15, 0.2) is 5.65 Å². The van der Waals surface area contributed by atoms with Crippen LogP contribution in [0.5, 0.6) is 0 Å². The van der Waals surface area contributed by atoms with E-state index in [2.05, 4.69) is 31.3 Å². The van der Waals surface area contributed by atoms with Crippen molar-refractivity contribution in [2.75, 3.05) is 36.6 Å². The first-order valence-electron chi connectivity index (χ1n) is 10.7. The van der Waals surface area contributed by atoms with Crippen molar-refractivity contribution in [1.82, 2.24) is 14.6 Å². The molecule has 0 saturated carbocycles. The molecular formula is C21H32BrN5O4. The number of fused-ring (bicyclic) bond motifs is 1. The lowest BCUT2D eigenvalue weighted by molar-refractivity contribution is 0.0512. The Kier molecular flexibility index (Phi) is 7.77. The van der Waals surface area contributed by atoms with Crippen molar-refractivity contribution in [2.24, 2.45) is 5.92 Å². The van der Waals surface area contributed by atoms with Crippen LogP contribution in [0.15, 0.2) is 16.7 Å². The number of halogens is 1. The standard InChI is InChI=1S/C21H32BrN5O4/c1-5-15(13-28)24-17-10-18(27-19(25-17)16(22)11-23-27)26(20(29)31-21(2,3)4)12-14-6-8-30-9-7-14/h10-11,14-15,28H,5-9,12-13H2,1-4H3,(H,24,25). The zero-order valence-corrected chi connectivity index (χ0v) is 20.2. The summed E-state index contributed by atoms with van der Waals surface area (Å²) in [4.78, 5) is 19.5. The third-order valence-corrected chi connectivity index (χ3v) is 5.71. The number of anilines is 2. The lowest BCUT2D eigenvalue weighted by Crippen LogP contribution is -2.42. The smallest absolute Gasteiger partial charge is 0.416 e. The van der Waals surface area contributed by atoms with Crippen LogP contribution in [0.25, 0.3) is 5.65 Å². The molecule has 3 heterocycles. The molecule has 0 aliphatic carbocycles. The predicted octanol–water partition coefficient (Wildman–Crippen LogP) is 3.84. The number of rotatable bonds is 7. The molecule has 172 valence electrons. The second kappa shape index (κ2) is 10.1. The number of nitrogens with one attached hydrogen (secondary N) is 1. The summed E-state index contributed by atoms with van der Waals surface area (Å²) < 4.78 is 13.6. The predicted molar refractivity (Wildman–Crippen MR) is 123 cm³/mol. The summed E-state index contributed by atoms with van der Waals surface area (Å²) >= 11 is 3.49. The Labute approximate surface area is 191 Å². The van der Waals surface area contributed by atoms with Crippen LogP contribution in [0.2, 0.25) is 0 Å². The first-order valence-corrected chi connectivity index (χ1v) is 11.5. The topological polar surface area (TPSA) is 101 Å². The van der Waals surface area contributed by atoms with E-state index in [1.54, 1.807) is 21.7 Å². The molecule has 9 nitrogen and oxygen atoms in total. The van der Waals surface area contributed by atoms with Crippen LogP contribution < -0.4 is 10.2 Å². The molecule has 2 aromatic rings. The molecule has 1 atom stereocenters. The highest BCUT2D eigenvalue weighted by Crippen LogP contribution is 2.28. The van der Waals surface area contributed by atoms with Crippen LogP contribution in [-0.2, 0) is 9.47 Å². The van der Waals surface area contributed by atoms with E-state index < -0.39 is 11.7 Å². The summed E-state index contributed by atoms with van der Waals surface area (Å²) in [7, 11) is 0. The molecule has 2 N–H and O–H groups in total. The Bertz CT molecular complexity index is 888. The van der Waals surface area contributed by atoms with Crippen molar-refractivity contribution < 1.29 is 19.4 Å². The Morgan fingerprint density at radius 3 is 2.77 bits per heavy atom. The summed E-state index contributed by atoms with van der Waals surface area (Å²) in [6.07, 6.45) is 3.71. The number of carbonyl (C=O) groups excluding carboxylic acids is 1. The number of ether oxygens (including phenoxy) is 2. The number of aromatic nitrogens is 3. The van der Waals surface area contributed by atoms with Gasteiger partial charge >= 0.3 is 6.09 Å². The van der Waals surface area contributed by atoms with E-state index in [0.717, 1.165) is 19.3 Å². The fourth-order valence-corrected chi connectivity index (χ4v) is 3.79. The maximum Gasteiger partial charge on any atom is 0.416 e. The average Bonchev–Trinajstić information content (AvgIpc) is 3.10. The van der Waals surface area contributed by atoms with Gasteiger partial charge in [0.25, 0.3) is 0 Å². The molecule has 0 bridgehead atoms. The van der Waals surface area contributed by atoms with Crippen LogP contribution in [0, 0.1) is 5.92 Å². The number of carbonyl (C=O) groups is 1. The number of aliphatic hydroxyl groups excluding tert-OH is 1. The molecule has 1 aliphatic heterocycles. The van der Waals surface area contributed by atoms with E-state index in [1.807, 2.05) is 27.7 Å². The zero-order chi connectivity index (χ0) is 22.6. The van der Waals surface area contributed by atoms with Gasteiger partial charge in [-0.2, -0.15) is 9.61 Å². The summed E-state index contributed by atoms with van der Waals surface area (Å²) in [5.41, 5.74) is -0.0547. The number of hydrogen-bond acceptors (Lipinski definition) is 7. The summed E-state index contributed by atoms with van der Waals surface area (Å²) in [5, 5.41) is 17.3. The van der Waals surface area contributed by atoms with E-state index in [0.29, 0.717) is 47.4 Å². The van der Waals surface area contributed by atoms with Gasteiger partial charge < -0.3 is 19.9 Å². The van der Waals surface area contributed by atoms with Crippen LogP contribution in [0.4, 0.5) is 16.4 Å². The van der Waals surface area contributed by atoms with Crippen molar-refractivity contribution in [3.05, 3.63) is 16.7 Å². The highest BCUT2D eigenvalue weighted by molar-refractivity contribution is 9.10. The van der Waals surface area contributed by atoms with Crippen molar-refractivity contribution in [3.8, 4) is 0 Å². The maximum atomic E-state index is 13.3. The van der Waals surface area contributed by atoms with Crippen LogP contribution in [0.3, 0.4) is 0 Å². The number of nitrogens with zero attached hydrogens (tertiary/aromatic N) is 4. The first kappa shape index (κ1) is 23.7. The quantitative estimate of drug-likeness (QED) is 0.598. The van der Waals surface area contributed by atoms with Gasteiger partial charge in [0.1, 0.15) is 17.2 Å². The van der Waals surface area contributed by atoms with Crippen LogP contribution >= 0.6 is 15.9 Å². The molecule has 1 unspecified atom stereocenters. The number of amides is 1. The SMILES string of the molecule is CCC(CO)Nc1cc(N(CC2CCOCC2)C(=O)OC(C)(C)C)n2ncc(Br)c2n1. The van der Waals surface area contributed by atoms with Crippen molar-refractivity contribution in [1.29, 1.82) is 0 Å². The minimum absolute atomic E-state index is 0.0169. The molecule has 0 aromatic carbocycles. The molecule has 0 radical (unpaired) electrons. The third-order valence-electron chi connectivity index (χ3n) is 5.15. The Morgan fingerprint density at radius 1 is 1.45 bits per heavy atom. The molecule has 0 spiro atoms. The largest absolute Gasteiger partial charge is 0.443 e. The van der Waals surface area contributed by atoms with Crippen molar-refractivity contribution >= 4 is 39.3 Å². The molecular weight excluding hydrogens is 466 g/mol. The van der Waals surface area contributed by atoms with Crippen molar-refractivity contribution in [3.63, 3.8) is 0 Å². The number of hydrogen-bond donors (Lipinski definition) is 2. The monoisotopic (exact) mass is 497 g/mol. The second-order valence-electron chi connectivity index (χ2n) is 8.81. The minimum Gasteiger partial charge on any atom is -0.443 e. The summed E-state index contributed by atoms with van der Waals surface area (Å²) in [6, 6.07) is 1.64. The highest BCUT2D eigenvalue weighted by atomic mass is 79.9. The van der Waals surface area contributed by atoms with Crippen LogP contribution in [0.1, 0.15) is 47.0 Å². The normalized spacial score (nSPS) is 16.3. The molecule has 1 fully saturated rings. The molecule has 10 heteroatoms. The molecule has 3 rings (SSSR count). The zero-order valence-electron chi connectivity index (χ0n) is 18.6. The fourth-order valence-electron chi connectivity index (χ4n) is 3.44. The van der Waals surface area contributed by atoms with Gasteiger partial charge in [0.05, 0.1) is 23.3 Å². The maximum absolute atomic E-state index is 13.3. The van der Waals surface area contributed by atoms with E-state index in [4.69, 9.17) is 9.47 Å². The van der Waals surface area contributed by atoms with E-state index >= 15 is 0 Å². The Balaban J connectivity index is 2.04. The molecule has 31 heavy (non-hydrogen) atoms. The lowest BCUT2D eigenvalue weighted by atomic mass is 10.00. The van der Waals surface area contributed by atoms with Gasteiger partial charge in [0, 0.05) is 25.8 Å². The average molecular weight is 498 g/mol. The van der Waals surface area contributed by atoms with E-state index in [-0.39, 0.29) is 12.6 Å². The van der Waals surface area contributed by atoms with E-state index in [1.165, 1.54) is 0 Å². The van der Waals surface area contributed by atoms with Crippen LogP contribution in [-0.4, -0.2) is 63.8 Å². The van der Waals surface area contributed by atoms with Crippen molar-refractivity contribution in [2.45, 2.75) is 58.6 Å². The number of aliphatic hydroxyl groups is 1. The van der Waals surface area contributed by atoms with Gasteiger partial charge in [-0.05, 0) is 61.9 Å². The molecule has 1 amide bonds. The van der Waals surface area contributed by atoms with Gasteiger partial charge in [0.2, 0.25) is 0 Å². The Hall–Kier alpha value is -1.91. The van der Waals surface area contributed by atoms with E-state index in [9.17, 15) is 9.90 Å². The highest BCUT2D eigenvalue weighted by Gasteiger charge is 2.29. The molecule has 1 aliphatic rings. The second-order valence-corrected chi connectivity index (χ2v) is 9.66. The first-order chi connectivity index (χ1) is 14.7. The Morgan fingerprint density at radius 2 is 2.16 bits per heavy atom. The van der Waals surface area contributed by atoms with Gasteiger partial charge in [-0.15, -0.1) is 0 Å². The van der Waals surface area contributed by atoms with Gasteiger partial charge in [-0.1, -0.05) is 6.92 Å². The van der Waals surface area contributed by atoms with Gasteiger partial charge in [-0.3, -0.25) is 4.90 Å². The summed E-state index contributed by atoms with van der Waals surface area (Å²) in [5.74, 6) is 1.41. The molecule has 2 aromatic heterocycles. The minimum atomic E-state index is -0.632. The lowest BCUT2D eigenvalue weighted by Gasteiger charge is -2.32. The summed E-state index contributed by atoms with van der Waals surface area (Å²) in [6.45, 7) is 9.39. The van der Waals surface area contributed by atoms with Gasteiger partial charge in [-0.25, -0.2) is 9.78 Å². The third kappa shape index (κ3) is 6.08. The molecule has 1 saturated heterocycles.